The second-order valence-electron chi connectivity index (χ2n) is 5.02. The van der Waals surface area contributed by atoms with E-state index in [1.165, 1.54) is 12.8 Å². The number of aliphatic hydroxyl groups excluding tert-OH is 1. The largest absolute Gasteiger partial charge is 0.496 e. The van der Waals surface area contributed by atoms with Gasteiger partial charge in [0.2, 0.25) is 0 Å². The smallest absolute Gasteiger partial charge is 0.255 e. The minimum absolute atomic E-state index is 0.200. The molecule has 0 radical (unpaired) electrons. The van der Waals surface area contributed by atoms with Crippen molar-refractivity contribution in [1.82, 2.24) is 5.32 Å². The zero-order valence-electron chi connectivity index (χ0n) is 11.3. The Morgan fingerprint density at radius 3 is 2.79 bits per heavy atom. The van der Waals surface area contributed by atoms with Crippen LogP contribution in [0, 0.1) is 5.92 Å². The summed E-state index contributed by atoms with van der Waals surface area (Å²) >= 11 is 0. The monoisotopic (exact) mass is 263 g/mol. The van der Waals surface area contributed by atoms with Crippen molar-refractivity contribution >= 4 is 5.91 Å². The predicted octanol–water partition coefficient (Wildman–Crippen LogP) is 1.98. The molecule has 2 N–H and O–H groups in total. The molecule has 0 aliphatic heterocycles. The number of carbonyl (C=O) groups is 1. The summed E-state index contributed by atoms with van der Waals surface area (Å²) in [5.41, 5.74) is 0.503. The summed E-state index contributed by atoms with van der Waals surface area (Å²) < 4.78 is 5.15. The van der Waals surface area contributed by atoms with Gasteiger partial charge in [0.15, 0.2) is 0 Å². The molecule has 1 amide bonds. The van der Waals surface area contributed by atoms with Crippen molar-refractivity contribution in [2.24, 2.45) is 5.92 Å². The highest BCUT2D eigenvalue weighted by atomic mass is 16.5. The first-order valence-corrected chi connectivity index (χ1v) is 6.81. The maximum atomic E-state index is 12.0. The summed E-state index contributed by atoms with van der Waals surface area (Å²) in [5, 5.41) is 12.8. The number of carbonyl (C=O) groups excluding carboxylic acids is 1. The van der Waals surface area contributed by atoms with Gasteiger partial charge in [-0.15, -0.1) is 0 Å². The van der Waals surface area contributed by atoms with Crippen molar-refractivity contribution in [3.05, 3.63) is 29.8 Å². The van der Waals surface area contributed by atoms with Gasteiger partial charge in [0, 0.05) is 6.54 Å². The summed E-state index contributed by atoms with van der Waals surface area (Å²) in [6.45, 7) is 0.307. The molecule has 4 heteroatoms. The van der Waals surface area contributed by atoms with Gasteiger partial charge in [-0.05, 0) is 30.9 Å². The van der Waals surface area contributed by atoms with Crippen LogP contribution < -0.4 is 10.1 Å². The molecule has 1 aliphatic carbocycles. The molecule has 0 heterocycles. The fourth-order valence-electron chi connectivity index (χ4n) is 2.63. The van der Waals surface area contributed by atoms with Crippen molar-refractivity contribution in [3.63, 3.8) is 0 Å². The molecule has 1 fully saturated rings. The summed E-state index contributed by atoms with van der Waals surface area (Å²) in [4.78, 5) is 12.0. The van der Waals surface area contributed by atoms with E-state index >= 15 is 0 Å². The summed E-state index contributed by atoms with van der Waals surface area (Å²) in [5.74, 6) is 0.683. The average molecular weight is 263 g/mol. The van der Waals surface area contributed by atoms with Gasteiger partial charge in [-0.1, -0.05) is 25.0 Å². The normalized spacial score (nSPS) is 17.2. The van der Waals surface area contributed by atoms with Crippen LogP contribution in [0.3, 0.4) is 0 Å². The number of nitrogens with one attached hydrogen (secondary N) is 1. The molecule has 1 aromatic carbocycles. The van der Waals surface area contributed by atoms with Crippen molar-refractivity contribution < 1.29 is 14.6 Å². The first-order chi connectivity index (χ1) is 9.22. The van der Waals surface area contributed by atoms with Crippen LogP contribution in [0.5, 0.6) is 5.75 Å². The number of amides is 1. The first kappa shape index (κ1) is 13.9. The average Bonchev–Trinajstić information content (AvgIpc) is 2.98. The fourth-order valence-corrected chi connectivity index (χ4v) is 2.63. The molecule has 1 unspecified atom stereocenters. The lowest BCUT2D eigenvalue weighted by Gasteiger charge is -2.18. The molecular weight excluding hydrogens is 242 g/mol. The third-order valence-electron chi connectivity index (χ3n) is 3.77. The molecule has 1 saturated carbocycles. The Morgan fingerprint density at radius 2 is 2.11 bits per heavy atom. The van der Waals surface area contributed by atoms with Gasteiger partial charge < -0.3 is 15.2 Å². The van der Waals surface area contributed by atoms with Gasteiger partial charge in [-0.2, -0.15) is 0 Å². The van der Waals surface area contributed by atoms with Crippen molar-refractivity contribution in [1.29, 1.82) is 0 Å². The molecular formula is C15H21NO3. The van der Waals surface area contributed by atoms with E-state index in [1.54, 1.807) is 25.3 Å². The molecule has 19 heavy (non-hydrogen) atoms. The van der Waals surface area contributed by atoms with Gasteiger partial charge in [0.25, 0.3) is 5.91 Å². The number of hydrogen-bond donors (Lipinski definition) is 2. The lowest BCUT2D eigenvalue weighted by atomic mass is 10.0. The third kappa shape index (κ3) is 3.47. The molecule has 4 nitrogen and oxygen atoms in total. The highest BCUT2D eigenvalue weighted by molar-refractivity contribution is 5.96. The van der Waals surface area contributed by atoms with E-state index in [-0.39, 0.29) is 5.91 Å². The minimum Gasteiger partial charge on any atom is -0.496 e. The van der Waals surface area contributed by atoms with Crippen LogP contribution in [0.1, 0.15) is 36.0 Å². The molecule has 1 aromatic rings. The highest BCUT2D eigenvalue weighted by Gasteiger charge is 2.23. The summed E-state index contributed by atoms with van der Waals surface area (Å²) in [7, 11) is 1.54. The van der Waals surface area contributed by atoms with Gasteiger partial charge in [-0.3, -0.25) is 4.79 Å². The molecule has 104 valence electrons. The van der Waals surface area contributed by atoms with Crippen LogP contribution >= 0.6 is 0 Å². The molecule has 1 aliphatic rings. The maximum Gasteiger partial charge on any atom is 0.255 e. The minimum atomic E-state index is -0.443. The first-order valence-electron chi connectivity index (χ1n) is 6.81. The number of aliphatic hydroxyl groups is 1. The van der Waals surface area contributed by atoms with E-state index in [9.17, 15) is 9.90 Å². The molecule has 2 rings (SSSR count). The van der Waals surface area contributed by atoms with Crippen LogP contribution in [0.2, 0.25) is 0 Å². The molecule has 0 saturated heterocycles. The van der Waals surface area contributed by atoms with E-state index in [2.05, 4.69) is 5.32 Å². The van der Waals surface area contributed by atoms with E-state index in [0.717, 1.165) is 12.8 Å². The third-order valence-corrected chi connectivity index (χ3v) is 3.77. The van der Waals surface area contributed by atoms with E-state index in [4.69, 9.17) is 4.74 Å². The lowest BCUT2D eigenvalue weighted by Crippen LogP contribution is -2.35. The number of methoxy groups -OCH3 is 1. The van der Waals surface area contributed by atoms with Crippen LogP contribution in [-0.4, -0.2) is 30.8 Å². The van der Waals surface area contributed by atoms with Gasteiger partial charge in [-0.25, -0.2) is 0 Å². The van der Waals surface area contributed by atoms with Crippen molar-refractivity contribution in [3.8, 4) is 5.75 Å². The number of benzene rings is 1. The fraction of sp³-hybridized carbons (Fsp3) is 0.533. The van der Waals surface area contributed by atoms with E-state index in [0.29, 0.717) is 23.8 Å². The van der Waals surface area contributed by atoms with Gasteiger partial charge >= 0.3 is 0 Å². The Labute approximate surface area is 113 Å². The topological polar surface area (TPSA) is 58.6 Å². The van der Waals surface area contributed by atoms with E-state index < -0.39 is 6.10 Å². The Bertz CT molecular complexity index is 427. The van der Waals surface area contributed by atoms with Gasteiger partial charge in [0.1, 0.15) is 5.75 Å². The Balaban J connectivity index is 1.90. The summed E-state index contributed by atoms with van der Waals surface area (Å²) in [6.07, 6.45) is 4.04. The molecule has 0 aromatic heterocycles. The zero-order chi connectivity index (χ0) is 13.7. The maximum absolute atomic E-state index is 12.0. The van der Waals surface area contributed by atoms with Crippen LogP contribution in [0.25, 0.3) is 0 Å². The highest BCUT2D eigenvalue weighted by Crippen LogP contribution is 2.27. The van der Waals surface area contributed by atoms with Crippen LogP contribution in [0.15, 0.2) is 24.3 Å². The van der Waals surface area contributed by atoms with Crippen LogP contribution in [-0.2, 0) is 0 Å². The van der Waals surface area contributed by atoms with Crippen molar-refractivity contribution in [2.75, 3.05) is 13.7 Å². The Hall–Kier alpha value is -1.55. The summed E-state index contributed by atoms with van der Waals surface area (Å²) in [6, 6.07) is 7.09. The SMILES string of the molecule is COc1ccccc1C(=O)NCC(O)C1CCCC1. The van der Waals surface area contributed by atoms with Crippen LogP contribution in [0.4, 0.5) is 0 Å². The van der Waals surface area contributed by atoms with Crippen molar-refractivity contribution in [2.45, 2.75) is 31.8 Å². The number of ether oxygens (including phenoxy) is 1. The lowest BCUT2D eigenvalue weighted by molar-refractivity contribution is 0.0838. The molecule has 0 bridgehead atoms. The molecule has 1 atom stereocenters. The predicted molar refractivity (Wildman–Crippen MR) is 73.3 cm³/mol. The number of para-hydroxylation sites is 1. The zero-order valence-corrected chi connectivity index (χ0v) is 11.3. The second kappa shape index (κ2) is 6.57. The quantitative estimate of drug-likeness (QED) is 0.854. The Kier molecular flexibility index (Phi) is 4.80. The number of rotatable bonds is 5. The number of hydrogen-bond acceptors (Lipinski definition) is 3. The van der Waals surface area contributed by atoms with Gasteiger partial charge in [0.05, 0.1) is 18.8 Å². The standard InChI is InChI=1S/C15H21NO3/c1-19-14-9-5-4-8-12(14)15(18)16-10-13(17)11-6-2-3-7-11/h4-5,8-9,11,13,17H,2-3,6-7,10H2,1H3,(H,16,18). The second-order valence-corrected chi connectivity index (χ2v) is 5.02. The Morgan fingerprint density at radius 1 is 1.42 bits per heavy atom. The van der Waals surface area contributed by atoms with E-state index in [1.807, 2.05) is 6.07 Å². The molecule has 0 spiro atoms.